The highest BCUT2D eigenvalue weighted by molar-refractivity contribution is 5.51. The first kappa shape index (κ1) is 9.27. The van der Waals surface area contributed by atoms with Gasteiger partial charge in [-0.2, -0.15) is 0 Å². The molecule has 0 fully saturated rings. The quantitative estimate of drug-likeness (QED) is 0.708. The Hall–Kier alpha value is -1.29. The van der Waals surface area contributed by atoms with Gasteiger partial charge in [0.15, 0.2) is 11.6 Å². The fourth-order valence-corrected chi connectivity index (χ4v) is 1.40. The van der Waals surface area contributed by atoms with Crippen molar-refractivity contribution in [3.05, 3.63) is 17.8 Å². The van der Waals surface area contributed by atoms with Crippen molar-refractivity contribution in [2.75, 3.05) is 18.5 Å². The van der Waals surface area contributed by atoms with E-state index in [9.17, 15) is 5.11 Å². The molecule has 4 nitrogen and oxygen atoms in total. The Morgan fingerprint density at radius 3 is 3.21 bits per heavy atom. The standard InChI is InChI=1S/C10H14N2O2/c1-7(13)8-3-4-9-10(12-8)11-5-2-6-14-9/h3-4,7,13H,2,5-6H2,1H3,(H,11,12). The van der Waals surface area contributed by atoms with Crippen LogP contribution in [0.1, 0.15) is 25.1 Å². The second kappa shape index (κ2) is 3.84. The third-order valence-corrected chi connectivity index (χ3v) is 2.18. The molecule has 0 aliphatic carbocycles. The first-order chi connectivity index (χ1) is 6.77. The number of rotatable bonds is 1. The van der Waals surface area contributed by atoms with E-state index in [1.54, 1.807) is 13.0 Å². The average Bonchev–Trinajstić information content (AvgIpc) is 2.41. The lowest BCUT2D eigenvalue weighted by molar-refractivity contribution is 0.194. The number of aliphatic hydroxyl groups excluding tert-OH is 1. The zero-order chi connectivity index (χ0) is 9.97. The van der Waals surface area contributed by atoms with Gasteiger partial charge < -0.3 is 15.2 Å². The van der Waals surface area contributed by atoms with Gasteiger partial charge in [-0.3, -0.25) is 0 Å². The number of aliphatic hydroxyl groups is 1. The highest BCUT2D eigenvalue weighted by Crippen LogP contribution is 2.26. The second-order valence-corrected chi connectivity index (χ2v) is 3.39. The summed E-state index contributed by atoms with van der Waals surface area (Å²) in [5, 5.41) is 12.5. The largest absolute Gasteiger partial charge is 0.490 e. The lowest BCUT2D eigenvalue weighted by atomic mass is 10.2. The summed E-state index contributed by atoms with van der Waals surface area (Å²) in [4.78, 5) is 4.29. The summed E-state index contributed by atoms with van der Waals surface area (Å²) in [5.74, 6) is 1.51. The number of fused-ring (bicyclic) bond motifs is 1. The van der Waals surface area contributed by atoms with Crippen LogP contribution in [0.3, 0.4) is 0 Å². The van der Waals surface area contributed by atoms with Crippen molar-refractivity contribution in [1.82, 2.24) is 4.98 Å². The zero-order valence-electron chi connectivity index (χ0n) is 8.16. The molecule has 1 aliphatic heterocycles. The lowest BCUT2D eigenvalue weighted by Gasteiger charge is -2.09. The molecule has 1 aromatic heterocycles. The van der Waals surface area contributed by atoms with Crippen LogP contribution in [0.2, 0.25) is 0 Å². The van der Waals surface area contributed by atoms with Gasteiger partial charge in [0.25, 0.3) is 0 Å². The van der Waals surface area contributed by atoms with Gasteiger partial charge in [0.1, 0.15) is 0 Å². The maximum atomic E-state index is 9.36. The molecule has 76 valence electrons. The Bertz CT molecular complexity index is 326. The van der Waals surface area contributed by atoms with Crippen LogP contribution in [0.15, 0.2) is 12.1 Å². The minimum atomic E-state index is -0.537. The van der Waals surface area contributed by atoms with Crippen LogP contribution in [-0.2, 0) is 0 Å². The SMILES string of the molecule is CC(O)c1ccc2c(n1)NCCCO2. The molecule has 0 aromatic carbocycles. The van der Waals surface area contributed by atoms with E-state index in [4.69, 9.17) is 4.74 Å². The summed E-state index contributed by atoms with van der Waals surface area (Å²) in [6, 6.07) is 3.64. The van der Waals surface area contributed by atoms with E-state index in [2.05, 4.69) is 10.3 Å². The summed E-state index contributed by atoms with van der Waals surface area (Å²) in [6.07, 6.45) is 0.436. The highest BCUT2D eigenvalue weighted by atomic mass is 16.5. The van der Waals surface area contributed by atoms with E-state index in [1.165, 1.54) is 0 Å². The van der Waals surface area contributed by atoms with Crippen LogP contribution in [0, 0.1) is 0 Å². The number of hydrogen-bond donors (Lipinski definition) is 2. The van der Waals surface area contributed by atoms with Crippen molar-refractivity contribution >= 4 is 5.82 Å². The molecule has 0 spiro atoms. The van der Waals surface area contributed by atoms with Crippen molar-refractivity contribution in [2.24, 2.45) is 0 Å². The molecule has 1 aliphatic rings. The lowest BCUT2D eigenvalue weighted by Crippen LogP contribution is -2.03. The molecule has 1 aromatic rings. The molecule has 0 radical (unpaired) electrons. The molecule has 14 heavy (non-hydrogen) atoms. The van der Waals surface area contributed by atoms with Crippen molar-refractivity contribution in [3.63, 3.8) is 0 Å². The number of hydrogen-bond acceptors (Lipinski definition) is 4. The van der Waals surface area contributed by atoms with Crippen molar-refractivity contribution in [2.45, 2.75) is 19.4 Å². The van der Waals surface area contributed by atoms with Gasteiger partial charge in [0.05, 0.1) is 18.4 Å². The van der Waals surface area contributed by atoms with Crippen molar-refractivity contribution in [3.8, 4) is 5.75 Å². The Morgan fingerprint density at radius 1 is 1.57 bits per heavy atom. The smallest absolute Gasteiger partial charge is 0.169 e. The molecule has 0 saturated heterocycles. The number of aromatic nitrogens is 1. The predicted octanol–water partition coefficient (Wildman–Crippen LogP) is 1.33. The van der Waals surface area contributed by atoms with E-state index >= 15 is 0 Å². The van der Waals surface area contributed by atoms with Crippen LogP contribution in [0.25, 0.3) is 0 Å². The normalized spacial score (nSPS) is 17.3. The summed E-state index contributed by atoms with van der Waals surface area (Å²) in [7, 11) is 0. The van der Waals surface area contributed by atoms with Crippen LogP contribution >= 0.6 is 0 Å². The highest BCUT2D eigenvalue weighted by Gasteiger charge is 2.11. The zero-order valence-corrected chi connectivity index (χ0v) is 8.16. The number of anilines is 1. The molecule has 0 saturated carbocycles. The van der Waals surface area contributed by atoms with Gasteiger partial charge in [0.2, 0.25) is 0 Å². The first-order valence-electron chi connectivity index (χ1n) is 4.83. The summed E-state index contributed by atoms with van der Waals surface area (Å²) in [5.41, 5.74) is 0.668. The van der Waals surface area contributed by atoms with Gasteiger partial charge in [0, 0.05) is 6.54 Å². The summed E-state index contributed by atoms with van der Waals surface area (Å²) in [6.45, 7) is 3.28. The van der Waals surface area contributed by atoms with Gasteiger partial charge in [-0.1, -0.05) is 0 Å². The third-order valence-electron chi connectivity index (χ3n) is 2.18. The molecular formula is C10H14N2O2. The monoisotopic (exact) mass is 194 g/mol. The molecule has 1 atom stereocenters. The predicted molar refractivity (Wildman–Crippen MR) is 53.5 cm³/mol. The fraction of sp³-hybridized carbons (Fsp3) is 0.500. The molecule has 2 rings (SSSR count). The minimum absolute atomic E-state index is 0.537. The fourth-order valence-electron chi connectivity index (χ4n) is 1.40. The van der Waals surface area contributed by atoms with E-state index in [0.717, 1.165) is 31.1 Å². The molecule has 2 N–H and O–H groups in total. The summed E-state index contributed by atoms with van der Waals surface area (Å²) >= 11 is 0. The van der Waals surface area contributed by atoms with Crippen molar-refractivity contribution < 1.29 is 9.84 Å². The van der Waals surface area contributed by atoms with Crippen LogP contribution in [-0.4, -0.2) is 23.2 Å². The average molecular weight is 194 g/mol. The van der Waals surface area contributed by atoms with E-state index in [-0.39, 0.29) is 0 Å². The number of pyridine rings is 1. The number of nitrogens with zero attached hydrogens (tertiary/aromatic N) is 1. The van der Waals surface area contributed by atoms with Gasteiger partial charge >= 0.3 is 0 Å². The maximum absolute atomic E-state index is 9.36. The van der Waals surface area contributed by atoms with E-state index in [0.29, 0.717) is 5.69 Å². The van der Waals surface area contributed by atoms with Gasteiger partial charge in [-0.15, -0.1) is 0 Å². The van der Waals surface area contributed by atoms with Crippen LogP contribution in [0.4, 0.5) is 5.82 Å². The topological polar surface area (TPSA) is 54.4 Å². The molecule has 1 unspecified atom stereocenters. The second-order valence-electron chi connectivity index (χ2n) is 3.39. The Labute approximate surface area is 82.9 Å². The molecule has 4 heteroatoms. The van der Waals surface area contributed by atoms with Crippen LogP contribution < -0.4 is 10.1 Å². The van der Waals surface area contributed by atoms with E-state index in [1.807, 2.05) is 6.07 Å². The summed E-state index contributed by atoms with van der Waals surface area (Å²) < 4.78 is 5.48. The number of nitrogens with one attached hydrogen (secondary N) is 1. The van der Waals surface area contributed by atoms with Crippen LogP contribution in [0.5, 0.6) is 5.75 Å². The first-order valence-corrected chi connectivity index (χ1v) is 4.83. The molecular weight excluding hydrogens is 180 g/mol. The van der Waals surface area contributed by atoms with Gasteiger partial charge in [-0.25, -0.2) is 4.98 Å². The van der Waals surface area contributed by atoms with Gasteiger partial charge in [-0.05, 0) is 25.5 Å². The third kappa shape index (κ3) is 1.80. The molecule has 2 heterocycles. The Kier molecular flexibility index (Phi) is 2.54. The Balaban J connectivity index is 2.32. The van der Waals surface area contributed by atoms with E-state index < -0.39 is 6.10 Å². The number of ether oxygens (including phenoxy) is 1. The van der Waals surface area contributed by atoms with Crippen molar-refractivity contribution in [1.29, 1.82) is 0 Å². The Morgan fingerprint density at radius 2 is 2.43 bits per heavy atom. The molecule has 0 amide bonds. The molecule has 0 bridgehead atoms. The maximum Gasteiger partial charge on any atom is 0.169 e. The minimum Gasteiger partial charge on any atom is -0.490 e.